The molecule has 2 amide bonds. The van der Waals surface area contributed by atoms with E-state index in [0.717, 1.165) is 31.7 Å². The van der Waals surface area contributed by atoms with Crippen LogP contribution in [0.1, 0.15) is 39.5 Å². The van der Waals surface area contributed by atoms with Crippen molar-refractivity contribution < 1.29 is 28.1 Å². The van der Waals surface area contributed by atoms with E-state index in [4.69, 9.17) is 16.7 Å². The molecule has 4 aromatic rings. The molecule has 24 heteroatoms. The van der Waals surface area contributed by atoms with Gasteiger partial charge in [-0.2, -0.15) is 12.2 Å². The van der Waals surface area contributed by atoms with Gasteiger partial charge >= 0.3 is 0 Å². The minimum absolute atomic E-state index is 0. The number of rotatable bonds is 7. The Balaban J connectivity index is 0.000000769. The quantitative estimate of drug-likeness (QED) is 0.138. The molecule has 0 spiro atoms. The van der Waals surface area contributed by atoms with Crippen LogP contribution in [0.25, 0.3) is 0 Å². The van der Waals surface area contributed by atoms with E-state index in [9.17, 15) is 9.59 Å². The maximum Gasteiger partial charge on any atom is 0.276 e. The first-order chi connectivity index (χ1) is 25.6. The van der Waals surface area contributed by atoms with Crippen LogP contribution in [0, 0.1) is 15.8 Å². The molecule has 0 fully saturated rings. The number of halogens is 1. The number of aliphatic imine (C=N–C) groups is 1. The standard InChI is InChI=1S/C14H16N6O.C12H11N5O.C2H4I.C2H8N2.P2S5.V/c1-19(10-4-3-5-15-8-10)14(21)11-9-18-13(20(11)2)12-16-6-7-17-12;1-16(9-4-3-5-14-7-9)12(18)10-8-15-11(6-13)17(10)2;1-2-3;3-1-2-4;3-1-2-5-7-6-4;/h3-5,8-9H,6-7H2,1-2H3,(H,16,17);3-5,7-8H,1-2H3;2H,1H3;1-4H2;;/q;;-1;;;. The fourth-order valence-corrected chi connectivity index (χ4v) is 13.4. The predicted molar refractivity (Wildman–Crippen MR) is 237 cm³/mol. The number of nitrogens with zero attached hydrogens (tertiary/aromatic N) is 10. The number of imidazole rings is 2. The van der Waals surface area contributed by atoms with Crippen molar-refractivity contribution in [2.45, 2.75) is 6.92 Å². The molecule has 5 rings (SSSR count). The van der Waals surface area contributed by atoms with Gasteiger partial charge in [-0.05, 0) is 74.5 Å². The molecule has 1 aliphatic rings. The summed E-state index contributed by atoms with van der Waals surface area (Å²) in [5.41, 5.74) is 12.1. The van der Waals surface area contributed by atoms with Crippen molar-refractivity contribution in [3.05, 3.63) is 88.9 Å². The molecule has 1 radical (unpaired) electrons. The third-order valence-corrected chi connectivity index (χ3v) is 16.4. The third kappa shape index (κ3) is 17.6. The summed E-state index contributed by atoms with van der Waals surface area (Å²) in [5, 5.41) is 12.0. The van der Waals surface area contributed by atoms with E-state index in [1.54, 1.807) is 98.2 Å². The minimum Gasteiger partial charge on any atom is -0.365 e. The molecule has 5 heterocycles. The van der Waals surface area contributed by atoms with Gasteiger partial charge in [0.25, 0.3) is 11.8 Å². The number of amides is 2. The Hall–Kier alpha value is -2.45. The van der Waals surface area contributed by atoms with Crippen LogP contribution in [0.4, 0.5) is 11.4 Å². The summed E-state index contributed by atoms with van der Waals surface area (Å²) in [6.45, 7) is 4.72. The molecular weight excluding hydrogens is 975 g/mol. The van der Waals surface area contributed by atoms with Crippen LogP contribution in [0.3, 0.4) is 0 Å². The number of hydrogen-bond donors (Lipinski definition) is 3. The molecule has 0 unspecified atom stereocenters. The van der Waals surface area contributed by atoms with E-state index in [1.165, 1.54) is 31.6 Å². The summed E-state index contributed by atoms with van der Waals surface area (Å²) in [4.78, 5) is 48.3. The van der Waals surface area contributed by atoms with Crippen molar-refractivity contribution in [3.63, 3.8) is 0 Å². The maximum atomic E-state index is 12.6. The normalized spacial score (nSPS) is 10.6. The van der Waals surface area contributed by atoms with Crippen LogP contribution < -0.4 is 26.6 Å². The molecule has 0 atom stereocenters. The number of hydrogen-bond acceptors (Lipinski definition) is 13. The van der Waals surface area contributed by atoms with Gasteiger partial charge in [-0.3, -0.25) is 29.0 Å². The van der Waals surface area contributed by atoms with Crippen molar-refractivity contribution in [3.8, 4) is 6.07 Å². The molecular formula is C30H39IN13O2P2S5V-. The molecule has 1 aliphatic heterocycles. The maximum absolute atomic E-state index is 12.6. The second-order valence-corrected chi connectivity index (χ2v) is 20.6. The molecule has 0 aromatic carbocycles. The number of carbonyl (C=O) groups excluding carboxylic acids is 2. The van der Waals surface area contributed by atoms with E-state index in [0.29, 0.717) is 36.0 Å². The first-order valence-electron chi connectivity index (χ1n) is 15.1. The Kier molecular flexibility index (Phi) is 29.3. The molecule has 0 bridgehead atoms. The van der Waals surface area contributed by atoms with Crippen LogP contribution in [0.2, 0.25) is 0 Å². The Labute approximate surface area is 363 Å². The van der Waals surface area contributed by atoms with E-state index in [1.807, 2.05) is 30.5 Å². The van der Waals surface area contributed by atoms with Crippen molar-refractivity contribution in [1.29, 1.82) is 5.26 Å². The van der Waals surface area contributed by atoms with Crippen LogP contribution >= 0.6 is 36.7 Å². The number of nitrogens with two attached hydrogens (primary N) is 2. The number of anilines is 2. The van der Waals surface area contributed by atoms with Gasteiger partial charge in [0, 0.05) is 92.9 Å². The number of pyridine rings is 2. The van der Waals surface area contributed by atoms with Crippen LogP contribution in [-0.4, -0.2) is 87.0 Å². The van der Waals surface area contributed by atoms with Gasteiger partial charge in [-0.15, -0.1) is 0 Å². The first kappa shape index (κ1) is 51.6. The minimum atomic E-state index is -0.237. The third-order valence-electron chi connectivity index (χ3n) is 6.37. The van der Waals surface area contributed by atoms with Gasteiger partial charge in [0.2, 0.25) is 5.82 Å². The first-order valence-corrected chi connectivity index (χ1v) is 24.9. The van der Waals surface area contributed by atoms with Gasteiger partial charge in [-0.1, -0.05) is 0 Å². The van der Waals surface area contributed by atoms with E-state index < -0.39 is 0 Å². The van der Waals surface area contributed by atoms with E-state index in [-0.39, 0.29) is 36.2 Å². The smallest absolute Gasteiger partial charge is 0.276 e. The van der Waals surface area contributed by atoms with Crippen molar-refractivity contribution >= 4 is 116 Å². The van der Waals surface area contributed by atoms with E-state index >= 15 is 0 Å². The van der Waals surface area contributed by atoms with Crippen LogP contribution in [0.15, 0.2) is 66.4 Å². The molecule has 5 N–H and O–H groups in total. The Morgan fingerprint density at radius 2 is 1.54 bits per heavy atom. The SMILES string of the molecule is CN(C(=O)c1cnc(C#N)n1C)c1cccnc1.CN(C(=O)c1cnc(C2=NCCN2)n1C)c1cccnc1.C[CH-]I.NCCN.S=PP=S=S=S=S.[V]. The second-order valence-electron chi connectivity index (χ2n) is 9.64. The fourth-order valence-electron chi connectivity index (χ4n) is 3.81. The summed E-state index contributed by atoms with van der Waals surface area (Å²) >= 11 is 11.4. The van der Waals surface area contributed by atoms with Crippen molar-refractivity contribution in [1.82, 2.24) is 34.4 Å². The summed E-state index contributed by atoms with van der Waals surface area (Å²) in [5.74, 6) is 1.25. The van der Waals surface area contributed by atoms with Crippen molar-refractivity contribution in [2.75, 3.05) is 50.1 Å². The molecule has 15 nitrogen and oxygen atoms in total. The average molecular weight is 1010 g/mol. The zero-order valence-corrected chi connectivity index (χ0v) is 39.3. The summed E-state index contributed by atoms with van der Waals surface area (Å²) in [6.07, 6.45) is 9.53. The molecule has 0 saturated heterocycles. The zero-order chi connectivity index (χ0) is 39.6. The fraction of sp³-hybridized carbons (Fsp3) is 0.300. The predicted octanol–water partition coefficient (Wildman–Crippen LogP) is 3.62. The van der Waals surface area contributed by atoms with Gasteiger partial charge in [0.1, 0.15) is 17.5 Å². The molecule has 0 aliphatic carbocycles. The Morgan fingerprint density at radius 3 is 1.93 bits per heavy atom. The Morgan fingerprint density at radius 1 is 1.02 bits per heavy atom. The topological polar surface area (TPSA) is 202 Å². The number of carbonyl (C=O) groups is 2. The molecule has 289 valence electrons. The zero-order valence-electron chi connectivity index (χ0n) is 29.9. The molecule has 0 saturated carbocycles. The van der Waals surface area contributed by atoms with Gasteiger partial charge in [0.15, 0.2) is 11.7 Å². The number of nitrogens with one attached hydrogen (secondary N) is 1. The number of nitriles is 1. The molecule has 4 aromatic heterocycles. The number of aromatic nitrogens is 6. The van der Waals surface area contributed by atoms with Gasteiger partial charge in [-0.25, -0.2) is 9.97 Å². The average Bonchev–Trinajstić information content (AvgIpc) is 3.96. The van der Waals surface area contributed by atoms with Gasteiger partial charge in [0.05, 0.1) is 42.7 Å². The Bertz CT molecular complexity index is 1970. The molecule has 54 heavy (non-hydrogen) atoms. The van der Waals surface area contributed by atoms with E-state index in [2.05, 4.69) is 75.8 Å². The monoisotopic (exact) mass is 1010 g/mol. The van der Waals surface area contributed by atoms with Crippen LogP contribution in [-0.2, 0) is 82.9 Å². The summed E-state index contributed by atoms with van der Waals surface area (Å²) in [7, 11) is 13.6. The summed E-state index contributed by atoms with van der Waals surface area (Å²) < 4.78 is 5.19. The number of amidine groups is 1. The van der Waals surface area contributed by atoms with Crippen LogP contribution in [0.5, 0.6) is 0 Å². The second kappa shape index (κ2) is 30.7. The van der Waals surface area contributed by atoms with Crippen molar-refractivity contribution in [2.24, 2.45) is 30.6 Å². The largest absolute Gasteiger partial charge is 0.365 e. The summed E-state index contributed by atoms with van der Waals surface area (Å²) in [6, 6.07) is 9.09. The van der Waals surface area contributed by atoms with Gasteiger partial charge < -0.3 is 58.3 Å².